The van der Waals surface area contributed by atoms with Crippen LogP contribution < -0.4 is 10.6 Å². The highest BCUT2D eigenvalue weighted by atomic mass is 32.2. The number of rotatable bonds is 5. The molecule has 0 amide bonds. The van der Waals surface area contributed by atoms with Crippen LogP contribution in [-0.2, 0) is 22.9 Å². The fourth-order valence-corrected chi connectivity index (χ4v) is 5.49. The standard InChI is InChI=1S/C20H32N4O2S/c1-16-7-10-24(11-8-16)14-18-6-4-3-5-17(18)13-22-20(21-2)23-19-9-12-27(25,26)15-19/h3-6,16,19H,7-15H2,1-2H3,(H2,21,22,23). The number of aliphatic imine (C=N–C) groups is 1. The second-order valence-corrected chi connectivity index (χ2v) is 10.1. The van der Waals surface area contributed by atoms with Crippen molar-refractivity contribution in [2.45, 2.75) is 45.3 Å². The summed E-state index contributed by atoms with van der Waals surface area (Å²) in [4.78, 5) is 6.79. The summed E-state index contributed by atoms with van der Waals surface area (Å²) in [6, 6.07) is 8.48. The van der Waals surface area contributed by atoms with Crippen molar-refractivity contribution < 1.29 is 8.42 Å². The van der Waals surface area contributed by atoms with Crippen LogP contribution in [0.2, 0.25) is 0 Å². The van der Waals surface area contributed by atoms with E-state index in [1.807, 2.05) is 0 Å². The van der Waals surface area contributed by atoms with E-state index in [2.05, 4.69) is 51.7 Å². The van der Waals surface area contributed by atoms with E-state index in [0.717, 1.165) is 12.5 Å². The fraction of sp³-hybridized carbons (Fsp3) is 0.650. The molecule has 2 heterocycles. The second-order valence-electron chi connectivity index (χ2n) is 7.90. The molecule has 0 aliphatic carbocycles. The average Bonchev–Trinajstić information content (AvgIpc) is 3.00. The van der Waals surface area contributed by atoms with Gasteiger partial charge < -0.3 is 10.6 Å². The van der Waals surface area contributed by atoms with Crippen molar-refractivity contribution in [2.24, 2.45) is 10.9 Å². The van der Waals surface area contributed by atoms with Crippen LogP contribution in [0, 0.1) is 5.92 Å². The molecule has 1 aromatic rings. The molecule has 0 aromatic heterocycles. The van der Waals surface area contributed by atoms with Gasteiger partial charge in [-0.3, -0.25) is 9.89 Å². The summed E-state index contributed by atoms with van der Waals surface area (Å²) in [6.45, 7) is 6.34. The molecule has 150 valence electrons. The minimum Gasteiger partial charge on any atom is -0.353 e. The summed E-state index contributed by atoms with van der Waals surface area (Å²) >= 11 is 0. The van der Waals surface area contributed by atoms with Gasteiger partial charge in [0.05, 0.1) is 11.5 Å². The molecule has 27 heavy (non-hydrogen) atoms. The average molecular weight is 393 g/mol. The van der Waals surface area contributed by atoms with Crippen molar-refractivity contribution >= 4 is 15.8 Å². The highest BCUT2D eigenvalue weighted by molar-refractivity contribution is 7.91. The van der Waals surface area contributed by atoms with E-state index >= 15 is 0 Å². The van der Waals surface area contributed by atoms with Crippen LogP contribution in [-0.4, -0.2) is 57.0 Å². The summed E-state index contributed by atoms with van der Waals surface area (Å²) in [6.07, 6.45) is 3.20. The van der Waals surface area contributed by atoms with Gasteiger partial charge in [0.15, 0.2) is 15.8 Å². The number of nitrogens with zero attached hydrogens (tertiary/aromatic N) is 2. The molecule has 1 atom stereocenters. The maximum absolute atomic E-state index is 11.6. The highest BCUT2D eigenvalue weighted by Gasteiger charge is 2.28. The minimum absolute atomic E-state index is 0.0493. The molecule has 2 aliphatic heterocycles. The molecule has 2 N–H and O–H groups in total. The number of hydrogen-bond acceptors (Lipinski definition) is 4. The summed E-state index contributed by atoms with van der Waals surface area (Å²) in [5, 5.41) is 6.60. The molecule has 1 unspecified atom stereocenters. The third kappa shape index (κ3) is 5.94. The van der Waals surface area contributed by atoms with E-state index in [0.29, 0.717) is 18.9 Å². The maximum atomic E-state index is 11.6. The molecule has 0 bridgehead atoms. The summed E-state index contributed by atoms with van der Waals surface area (Å²) in [5.74, 6) is 1.96. The van der Waals surface area contributed by atoms with Crippen LogP contribution in [0.3, 0.4) is 0 Å². The normalized spacial score (nSPS) is 24.1. The van der Waals surface area contributed by atoms with Crippen LogP contribution >= 0.6 is 0 Å². The Labute approximate surface area is 163 Å². The van der Waals surface area contributed by atoms with Gasteiger partial charge in [-0.25, -0.2) is 8.42 Å². The zero-order valence-corrected chi connectivity index (χ0v) is 17.3. The molecular formula is C20H32N4O2S. The minimum atomic E-state index is -2.89. The molecule has 0 spiro atoms. The summed E-state index contributed by atoms with van der Waals surface area (Å²) in [7, 11) is -1.17. The van der Waals surface area contributed by atoms with E-state index in [1.165, 1.54) is 37.1 Å². The number of piperidine rings is 1. The van der Waals surface area contributed by atoms with Gasteiger partial charge in [0.25, 0.3) is 0 Å². The van der Waals surface area contributed by atoms with Crippen molar-refractivity contribution in [3.63, 3.8) is 0 Å². The Balaban J connectivity index is 1.55. The quantitative estimate of drug-likeness (QED) is 0.590. The predicted molar refractivity (Wildman–Crippen MR) is 111 cm³/mol. The lowest BCUT2D eigenvalue weighted by molar-refractivity contribution is 0.185. The summed E-state index contributed by atoms with van der Waals surface area (Å²) in [5.41, 5.74) is 2.61. The first-order valence-electron chi connectivity index (χ1n) is 9.92. The molecular weight excluding hydrogens is 360 g/mol. The lowest BCUT2D eigenvalue weighted by Gasteiger charge is -2.30. The van der Waals surface area contributed by atoms with Crippen LogP contribution in [0.4, 0.5) is 0 Å². The zero-order valence-electron chi connectivity index (χ0n) is 16.4. The van der Waals surface area contributed by atoms with Gasteiger partial charge in [-0.1, -0.05) is 31.2 Å². The van der Waals surface area contributed by atoms with Crippen molar-refractivity contribution in [3.05, 3.63) is 35.4 Å². The number of guanidine groups is 1. The van der Waals surface area contributed by atoms with Crippen LogP contribution in [0.1, 0.15) is 37.3 Å². The van der Waals surface area contributed by atoms with Crippen molar-refractivity contribution in [1.82, 2.24) is 15.5 Å². The third-order valence-corrected chi connectivity index (χ3v) is 7.40. The van der Waals surface area contributed by atoms with Gasteiger partial charge in [-0.2, -0.15) is 0 Å². The van der Waals surface area contributed by atoms with E-state index < -0.39 is 9.84 Å². The molecule has 1 aromatic carbocycles. The van der Waals surface area contributed by atoms with Gasteiger partial charge in [0, 0.05) is 26.2 Å². The Morgan fingerprint density at radius 3 is 2.52 bits per heavy atom. The SMILES string of the molecule is CN=C(NCc1ccccc1CN1CCC(C)CC1)NC1CCS(=O)(=O)C1. The van der Waals surface area contributed by atoms with E-state index in [9.17, 15) is 8.42 Å². The Kier molecular flexibility index (Phi) is 6.76. The van der Waals surface area contributed by atoms with Gasteiger partial charge in [-0.15, -0.1) is 0 Å². The molecule has 0 saturated carbocycles. The fourth-order valence-electron chi connectivity index (χ4n) is 3.82. The van der Waals surface area contributed by atoms with Crippen molar-refractivity contribution in [3.8, 4) is 0 Å². The van der Waals surface area contributed by atoms with Crippen molar-refractivity contribution in [1.29, 1.82) is 0 Å². The number of hydrogen-bond donors (Lipinski definition) is 2. The number of likely N-dealkylation sites (tertiary alicyclic amines) is 1. The first-order chi connectivity index (χ1) is 12.9. The van der Waals surface area contributed by atoms with Gasteiger partial charge in [0.1, 0.15) is 0 Å². The molecule has 7 heteroatoms. The van der Waals surface area contributed by atoms with E-state index in [4.69, 9.17) is 0 Å². The summed E-state index contributed by atoms with van der Waals surface area (Å²) < 4.78 is 23.3. The topological polar surface area (TPSA) is 73.8 Å². The van der Waals surface area contributed by atoms with Crippen LogP contribution in [0.5, 0.6) is 0 Å². The number of sulfone groups is 1. The molecule has 2 saturated heterocycles. The Hall–Kier alpha value is -1.60. The number of nitrogens with one attached hydrogen (secondary N) is 2. The van der Waals surface area contributed by atoms with Gasteiger partial charge in [0.2, 0.25) is 0 Å². The van der Waals surface area contributed by atoms with E-state index in [1.54, 1.807) is 7.05 Å². The molecule has 0 radical (unpaired) electrons. The monoisotopic (exact) mass is 392 g/mol. The third-order valence-electron chi connectivity index (χ3n) is 5.63. The lowest BCUT2D eigenvalue weighted by Crippen LogP contribution is -2.43. The second kappa shape index (κ2) is 9.06. The Bertz CT molecular complexity index is 755. The number of benzene rings is 1. The first-order valence-corrected chi connectivity index (χ1v) is 11.7. The predicted octanol–water partition coefficient (Wildman–Crippen LogP) is 1.77. The van der Waals surface area contributed by atoms with Crippen LogP contribution in [0.15, 0.2) is 29.3 Å². The molecule has 2 fully saturated rings. The van der Waals surface area contributed by atoms with Gasteiger partial charge >= 0.3 is 0 Å². The zero-order chi connectivity index (χ0) is 19.3. The molecule has 6 nitrogen and oxygen atoms in total. The first kappa shape index (κ1) is 20.1. The Morgan fingerprint density at radius 1 is 1.19 bits per heavy atom. The molecule has 3 rings (SSSR count). The molecule has 2 aliphatic rings. The van der Waals surface area contributed by atoms with Crippen LogP contribution in [0.25, 0.3) is 0 Å². The maximum Gasteiger partial charge on any atom is 0.191 e. The largest absolute Gasteiger partial charge is 0.353 e. The highest BCUT2D eigenvalue weighted by Crippen LogP contribution is 2.19. The van der Waals surface area contributed by atoms with Gasteiger partial charge in [-0.05, 0) is 49.4 Å². The van der Waals surface area contributed by atoms with E-state index in [-0.39, 0.29) is 17.5 Å². The smallest absolute Gasteiger partial charge is 0.191 e. The van der Waals surface area contributed by atoms with Crippen molar-refractivity contribution in [2.75, 3.05) is 31.6 Å². The lowest BCUT2D eigenvalue weighted by atomic mass is 9.98. The Morgan fingerprint density at radius 2 is 1.89 bits per heavy atom.